The van der Waals surface area contributed by atoms with Gasteiger partial charge >= 0.3 is 25.3 Å². The number of rotatable bonds is 12. The maximum absolute atomic E-state index is 15.2. The zero-order chi connectivity index (χ0) is 33.1. The van der Waals surface area contributed by atoms with Crippen LogP contribution in [0.2, 0.25) is 5.02 Å². The monoisotopic (exact) mass is 677 g/mol. The van der Waals surface area contributed by atoms with E-state index < -0.39 is 68.6 Å². The maximum atomic E-state index is 15.2. The fourth-order valence-corrected chi connectivity index (χ4v) is 6.37. The van der Waals surface area contributed by atoms with Gasteiger partial charge < -0.3 is 24.4 Å². The van der Waals surface area contributed by atoms with Gasteiger partial charge in [-0.2, -0.15) is 18.9 Å². The number of hydrogen-bond acceptors (Lipinski definition) is 11. The molecule has 0 spiro atoms. The summed E-state index contributed by atoms with van der Waals surface area (Å²) in [5.41, 5.74) is -1.18. The molecule has 3 heterocycles. The lowest BCUT2D eigenvalue weighted by molar-refractivity contribution is -0.149. The number of esters is 1. The quantitative estimate of drug-likeness (QED) is 0.222. The van der Waals surface area contributed by atoms with Crippen molar-refractivity contribution in [1.82, 2.24) is 19.5 Å². The Kier molecular flexibility index (Phi) is 11.0. The second-order valence-corrected chi connectivity index (χ2v) is 13.1. The number of halogens is 3. The Labute approximate surface area is 262 Å². The lowest BCUT2D eigenvalue weighted by Gasteiger charge is -2.25. The molecule has 1 amide bonds. The van der Waals surface area contributed by atoms with E-state index in [0.717, 1.165) is 25.2 Å². The number of nitrogens with zero attached hydrogens (tertiary/aromatic N) is 3. The molecule has 0 radical (unpaired) electrons. The molecule has 14 nitrogen and oxygen atoms in total. The van der Waals surface area contributed by atoms with Crippen molar-refractivity contribution in [3.8, 4) is 5.75 Å². The van der Waals surface area contributed by atoms with Gasteiger partial charge in [0.05, 0.1) is 18.8 Å². The molecule has 3 N–H and O–H groups in total. The van der Waals surface area contributed by atoms with Gasteiger partial charge in [-0.3, -0.25) is 23.6 Å². The normalized spacial score (nSPS) is 25.1. The van der Waals surface area contributed by atoms with E-state index in [1.807, 2.05) is 4.90 Å². The molecule has 0 bridgehead atoms. The summed E-state index contributed by atoms with van der Waals surface area (Å²) in [5.74, 6) is -5.35. The molecule has 3 unspecified atom stereocenters. The standard InChI is InChI=1S/C27H35ClF2N5O9P/c1-15(2)42-24(38)16(3)33-45(40,44-18-9-7-17(28)8-10-18)41-14-20-22(36)27(29,30)25(43-20)35-13-11-21(32-26(35)39)31-23(37)19-6-5-12-34(19)4/h7-11,13,15-16,19-20,22,25,36H,5-6,12,14H2,1-4H3,(H,33,40)(H,31,32,37,39)/t16-,19-,20?,22+,25?,45?/m0/s1. The minimum atomic E-state index is -4.52. The maximum Gasteiger partial charge on any atom is 0.459 e. The van der Waals surface area contributed by atoms with Gasteiger partial charge in [0.25, 0.3) is 0 Å². The molecule has 4 rings (SSSR count). The molecule has 6 atom stereocenters. The molecule has 2 aliphatic heterocycles. The van der Waals surface area contributed by atoms with Crippen molar-refractivity contribution in [3.05, 3.63) is 52.0 Å². The van der Waals surface area contributed by atoms with E-state index in [4.69, 9.17) is 30.1 Å². The molecule has 1 aromatic heterocycles. The van der Waals surface area contributed by atoms with Crippen molar-refractivity contribution in [2.24, 2.45) is 0 Å². The topological polar surface area (TPSA) is 171 Å². The average molecular weight is 678 g/mol. The fraction of sp³-hybridized carbons (Fsp3) is 0.556. The van der Waals surface area contributed by atoms with Gasteiger partial charge in [0, 0.05) is 11.2 Å². The number of likely N-dealkylation sites (N-methyl/N-ethyl adjacent to an activating group) is 1. The molecule has 0 aliphatic carbocycles. The van der Waals surface area contributed by atoms with Crippen LogP contribution in [0.4, 0.5) is 14.6 Å². The number of likely N-dealkylation sites (tertiary alicyclic amines) is 1. The van der Waals surface area contributed by atoms with Gasteiger partial charge in [-0.25, -0.2) is 9.36 Å². The third-order valence-corrected chi connectivity index (χ3v) is 8.94. The molecule has 45 heavy (non-hydrogen) atoms. The van der Waals surface area contributed by atoms with Crippen molar-refractivity contribution in [2.75, 3.05) is 25.5 Å². The summed E-state index contributed by atoms with van der Waals surface area (Å²) in [6.07, 6.45) is -4.73. The first-order valence-corrected chi connectivity index (χ1v) is 16.0. The molecule has 1 aromatic carbocycles. The molecule has 18 heteroatoms. The van der Waals surface area contributed by atoms with E-state index >= 15 is 8.78 Å². The van der Waals surface area contributed by atoms with Crippen molar-refractivity contribution in [1.29, 1.82) is 0 Å². The zero-order valence-electron chi connectivity index (χ0n) is 24.9. The number of aliphatic hydroxyl groups excluding tert-OH is 1. The Bertz CT molecular complexity index is 1480. The number of aliphatic hydroxyl groups is 1. The predicted molar refractivity (Wildman–Crippen MR) is 157 cm³/mol. The van der Waals surface area contributed by atoms with Crippen LogP contribution < -0.4 is 20.6 Å². The zero-order valence-corrected chi connectivity index (χ0v) is 26.5. The van der Waals surface area contributed by atoms with Gasteiger partial charge in [0.2, 0.25) is 12.1 Å². The molecule has 248 valence electrons. The number of hydrogen-bond donors (Lipinski definition) is 3. The number of benzene rings is 1. The highest BCUT2D eigenvalue weighted by atomic mass is 35.5. The highest BCUT2D eigenvalue weighted by Gasteiger charge is 2.60. The van der Waals surface area contributed by atoms with Crippen molar-refractivity contribution >= 4 is 37.0 Å². The smallest absolute Gasteiger partial charge is 0.459 e. The molecule has 0 saturated carbocycles. The van der Waals surface area contributed by atoms with Gasteiger partial charge in [-0.15, -0.1) is 0 Å². The number of carbonyl (C=O) groups excluding carboxylic acids is 2. The number of ether oxygens (including phenoxy) is 2. The van der Waals surface area contributed by atoms with Crippen LogP contribution in [0.5, 0.6) is 5.75 Å². The van der Waals surface area contributed by atoms with E-state index in [1.54, 1.807) is 20.9 Å². The second-order valence-electron chi connectivity index (χ2n) is 11.0. The Balaban J connectivity index is 1.48. The highest BCUT2D eigenvalue weighted by molar-refractivity contribution is 7.52. The Hall–Kier alpha value is -2.98. The lowest BCUT2D eigenvalue weighted by Crippen LogP contribution is -2.42. The SMILES string of the molecule is CC(C)OC(=O)[C@H](C)NP(=O)(OCC1OC(n2ccc(NC(=O)[C@@H]3CCCN3C)nc2=O)C(F)(F)[C@@H]1O)Oc1ccc(Cl)cc1. The van der Waals surface area contributed by atoms with Gasteiger partial charge in [-0.05, 0) is 77.5 Å². The van der Waals surface area contributed by atoms with Crippen LogP contribution in [0.25, 0.3) is 0 Å². The first-order valence-electron chi connectivity index (χ1n) is 14.1. The van der Waals surface area contributed by atoms with Crippen LogP contribution >= 0.6 is 19.3 Å². The van der Waals surface area contributed by atoms with Gasteiger partial charge in [0.1, 0.15) is 23.7 Å². The van der Waals surface area contributed by atoms with Crippen molar-refractivity contribution in [3.63, 3.8) is 0 Å². The fourth-order valence-electron chi connectivity index (χ4n) is 4.74. The van der Waals surface area contributed by atoms with Crippen LogP contribution in [0.1, 0.15) is 39.8 Å². The minimum Gasteiger partial charge on any atom is -0.462 e. The highest BCUT2D eigenvalue weighted by Crippen LogP contribution is 2.48. The molecular weight excluding hydrogens is 643 g/mol. The Morgan fingerprint density at radius 3 is 2.53 bits per heavy atom. The largest absolute Gasteiger partial charge is 0.462 e. The van der Waals surface area contributed by atoms with Crippen LogP contribution in [0.3, 0.4) is 0 Å². The summed E-state index contributed by atoms with van der Waals surface area (Å²) in [6, 6.07) is 5.10. The molecular formula is C27H35ClF2N5O9P. The summed E-state index contributed by atoms with van der Waals surface area (Å²) < 4.78 is 65.9. The minimum absolute atomic E-state index is 0.000129. The van der Waals surface area contributed by atoms with Crippen molar-refractivity contribution in [2.45, 2.75) is 76.2 Å². The van der Waals surface area contributed by atoms with E-state index in [9.17, 15) is 24.1 Å². The van der Waals surface area contributed by atoms with E-state index in [-0.39, 0.29) is 17.5 Å². The van der Waals surface area contributed by atoms with Crippen LogP contribution in [0.15, 0.2) is 41.3 Å². The first kappa shape index (κ1) is 34.9. The Morgan fingerprint density at radius 1 is 1.24 bits per heavy atom. The van der Waals surface area contributed by atoms with E-state index in [1.165, 1.54) is 31.2 Å². The Morgan fingerprint density at radius 2 is 1.93 bits per heavy atom. The van der Waals surface area contributed by atoms with Crippen LogP contribution in [0, 0.1) is 0 Å². The van der Waals surface area contributed by atoms with Crippen LogP contribution in [-0.4, -0.2) is 88.0 Å². The molecule has 2 saturated heterocycles. The van der Waals surface area contributed by atoms with Gasteiger partial charge in [0.15, 0.2) is 6.10 Å². The summed E-state index contributed by atoms with van der Waals surface area (Å²) in [6.45, 7) is 4.37. The summed E-state index contributed by atoms with van der Waals surface area (Å²) >= 11 is 5.89. The van der Waals surface area contributed by atoms with Gasteiger partial charge in [-0.1, -0.05) is 11.6 Å². The number of aromatic nitrogens is 2. The number of anilines is 1. The third kappa shape index (κ3) is 8.44. The molecule has 2 aromatic rings. The average Bonchev–Trinajstić information content (AvgIpc) is 3.48. The second kappa shape index (κ2) is 14.2. The summed E-state index contributed by atoms with van der Waals surface area (Å²) in [7, 11) is -2.73. The van der Waals surface area contributed by atoms with Crippen LogP contribution in [-0.2, 0) is 28.2 Å². The number of carbonyl (C=O) groups is 2. The van der Waals surface area contributed by atoms with E-state index in [0.29, 0.717) is 16.0 Å². The third-order valence-electron chi connectivity index (χ3n) is 7.04. The first-order chi connectivity index (χ1) is 21.1. The lowest BCUT2D eigenvalue weighted by atomic mass is 10.1. The summed E-state index contributed by atoms with van der Waals surface area (Å²) in [5, 5.41) is 15.7. The summed E-state index contributed by atoms with van der Waals surface area (Å²) in [4.78, 5) is 43.2. The number of nitrogens with one attached hydrogen (secondary N) is 2. The number of amides is 1. The van der Waals surface area contributed by atoms with Crippen molar-refractivity contribution < 1.29 is 46.6 Å². The predicted octanol–water partition coefficient (Wildman–Crippen LogP) is 2.96. The number of alkyl halides is 2. The molecule has 2 fully saturated rings. The van der Waals surface area contributed by atoms with E-state index in [2.05, 4.69) is 15.4 Å². The molecule has 2 aliphatic rings.